The topological polar surface area (TPSA) is 64.3 Å². The first-order valence-electron chi connectivity index (χ1n) is 6.10. The molecule has 2 aromatic heterocycles. The third kappa shape index (κ3) is 2.88. The van der Waals surface area contributed by atoms with Crippen molar-refractivity contribution in [2.75, 3.05) is 32.0 Å². The number of hydrogen-bond acceptors (Lipinski definition) is 6. The Morgan fingerprint density at radius 1 is 1.33 bits per heavy atom. The SMILES string of the molecule is CCN(CC)CCOc1nc(N)nc2sccc12. The Morgan fingerprint density at radius 3 is 2.83 bits per heavy atom. The molecule has 2 heterocycles. The molecule has 0 amide bonds. The summed E-state index contributed by atoms with van der Waals surface area (Å²) >= 11 is 1.54. The van der Waals surface area contributed by atoms with E-state index in [1.807, 2.05) is 11.4 Å². The lowest BCUT2D eigenvalue weighted by Gasteiger charge is -2.17. The molecule has 0 saturated carbocycles. The molecule has 0 aromatic carbocycles. The first-order valence-corrected chi connectivity index (χ1v) is 6.98. The minimum atomic E-state index is 0.266. The fraction of sp³-hybridized carbons (Fsp3) is 0.500. The molecule has 0 aliphatic rings. The van der Waals surface area contributed by atoms with Crippen molar-refractivity contribution in [3.8, 4) is 5.88 Å². The van der Waals surface area contributed by atoms with Crippen LogP contribution in [0, 0.1) is 0 Å². The first-order chi connectivity index (χ1) is 8.74. The van der Waals surface area contributed by atoms with Gasteiger partial charge in [-0.3, -0.25) is 0 Å². The third-order valence-corrected chi connectivity index (χ3v) is 3.65. The molecule has 0 saturated heterocycles. The molecule has 0 bridgehead atoms. The molecule has 18 heavy (non-hydrogen) atoms. The van der Waals surface area contributed by atoms with Gasteiger partial charge in [-0.1, -0.05) is 13.8 Å². The smallest absolute Gasteiger partial charge is 0.227 e. The molecular formula is C12H18N4OS. The Morgan fingerprint density at radius 2 is 2.11 bits per heavy atom. The number of likely N-dealkylation sites (N-methyl/N-ethyl adjacent to an activating group) is 1. The van der Waals surface area contributed by atoms with Crippen molar-refractivity contribution in [3.63, 3.8) is 0 Å². The van der Waals surface area contributed by atoms with Crippen LogP contribution in [0.2, 0.25) is 0 Å². The zero-order valence-electron chi connectivity index (χ0n) is 10.7. The van der Waals surface area contributed by atoms with E-state index in [0.29, 0.717) is 12.5 Å². The van der Waals surface area contributed by atoms with Crippen molar-refractivity contribution in [1.82, 2.24) is 14.9 Å². The van der Waals surface area contributed by atoms with Gasteiger partial charge in [-0.05, 0) is 24.5 Å². The second kappa shape index (κ2) is 5.97. The van der Waals surface area contributed by atoms with E-state index in [1.165, 1.54) is 0 Å². The molecule has 0 unspecified atom stereocenters. The summed E-state index contributed by atoms with van der Waals surface area (Å²) in [5.74, 6) is 0.855. The van der Waals surface area contributed by atoms with Gasteiger partial charge in [0.2, 0.25) is 11.8 Å². The van der Waals surface area contributed by atoms with Gasteiger partial charge in [-0.2, -0.15) is 4.98 Å². The zero-order valence-corrected chi connectivity index (χ0v) is 11.5. The van der Waals surface area contributed by atoms with E-state index in [4.69, 9.17) is 10.5 Å². The van der Waals surface area contributed by atoms with Gasteiger partial charge in [0.25, 0.3) is 0 Å². The molecule has 0 atom stereocenters. The van der Waals surface area contributed by atoms with Crippen molar-refractivity contribution < 1.29 is 4.74 Å². The summed E-state index contributed by atoms with van der Waals surface area (Å²) in [5, 5.41) is 2.91. The Kier molecular flexibility index (Phi) is 4.33. The maximum Gasteiger partial charge on any atom is 0.227 e. The second-order valence-electron chi connectivity index (χ2n) is 3.90. The van der Waals surface area contributed by atoms with Crippen LogP contribution >= 0.6 is 11.3 Å². The average molecular weight is 266 g/mol. The number of nitrogen functional groups attached to an aromatic ring is 1. The average Bonchev–Trinajstić information content (AvgIpc) is 2.82. The van der Waals surface area contributed by atoms with Crippen LogP contribution in [-0.4, -0.2) is 41.1 Å². The van der Waals surface area contributed by atoms with Gasteiger partial charge in [0.1, 0.15) is 11.4 Å². The Labute approximate surface area is 111 Å². The van der Waals surface area contributed by atoms with Gasteiger partial charge in [-0.25, -0.2) is 4.98 Å². The number of rotatable bonds is 6. The van der Waals surface area contributed by atoms with Gasteiger partial charge >= 0.3 is 0 Å². The highest BCUT2D eigenvalue weighted by Crippen LogP contribution is 2.27. The first kappa shape index (κ1) is 13.0. The number of hydrogen-bond donors (Lipinski definition) is 1. The van der Waals surface area contributed by atoms with Crippen LogP contribution in [0.25, 0.3) is 10.2 Å². The quantitative estimate of drug-likeness (QED) is 0.866. The van der Waals surface area contributed by atoms with E-state index in [0.717, 1.165) is 29.9 Å². The fourth-order valence-corrected chi connectivity index (χ4v) is 2.53. The summed E-state index contributed by atoms with van der Waals surface area (Å²) in [7, 11) is 0. The molecule has 0 aliphatic carbocycles. The minimum absolute atomic E-state index is 0.266. The summed E-state index contributed by atoms with van der Waals surface area (Å²) in [4.78, 5) is 11.5. The highest BCUT2D eigenvalue weighted by molar-refractivity contribution is 7.16. The van der Waals surface area contributed by atoms with E-state index in [9.17, 15) is 0 Å². The summed E-state index contributed by atoms with van der Waals surface area (Å²) < 4.78 is 5.73. The van der Waals surface area contributed by atoms with Crippen LogP contribution in [0.3, 0.4) is 0 Å². The van der Waals surface area contributed by atoms with Crippen molar-refractivity contribution in [1.29, 1.82) is 0 Å². The van der Waals surface area contributed by atoms with E-state index >= 15 is 0 Å². The summed E-state index contributed by atoms with van der Waals surface area (Å²) in [5.41, 5.74) is 5.66. The lowest BCUT2D eigenvalue weighted by molar-refractivity contribution is 0.220. The van der Waals surface area contributed by atoms with Gasteiger partial charge < -0.3 is 15.4 Å². The van der Waals surface area contributed by atoms with Gasteiger partial charge in [-0.15, -0.1) is 11.3 Å². The summed E-state index contributed by atoms with van der Waals surface area (Å²) in [6, 6.07) is 1.96. The number of aromatic nitrogens is 2. The van der Waals surface area contributed by atoms with Crippen LogP contribution < -0.4 is 10.5 Å². The van der Waals surface area contributed by atoms with Crippen molar-refractivity contribution >= 4 is 27.5 Å². The Hall–Kier alpha value is -1.40. The molecular weight excluding hydrogens is 248 g/mol. The second-order valence-corrected chi connectivity index (χ2v) is 4.80. The van der Waals surface area contributed by atoms with Crippen LogP contribution in [0.5, 0.6) is 5.88 Å². The Bertz CT molecular complexity index is 510. The predicted molar refractivity (Wildman–Crippen MR) is 75.1 cm³/mol. The highest BCUT2D eigenvalue weighted by Gasteiger charge is 2.09. The molecule has 0 spiro atoms. The van der Waals surface area contributed by atoms with E-state index in [2.05, 4.69) is 28.7 Å². The third-order valence-electron chi connectivity index (χ3n) is 2.85. The van der Waals surface area contributed by atoms with Gasteiger partial charge in [0.05, 0.1) is 5.39 Å². The van der Waals surface area contributed by atoms with Crippen molar-refractivity contribution in [2.24, 2.45) is 0 Å². The zero-order chi connectivity index (χ0) is 13.0. The molecule has 5 nitrogen and oxygen atoms in total. The number of nitrogens with two attached hydrogens (primary N) is 1. The van der Waals surface area contributed by atoms with Crippen molar-refractivity contribution in [3.05, 3.63) is 11.4 Å². The number of anilines is 1. The number of nitrogens with zero attached hydrogens (tertiary/aromatic N) is 3. The molecule has 0 aliphatic heterocycles. The number of fused-ring (bicyclic) bond motifs is 1. The lowest BCUT2D eigenvalue weighted by Crippen LogP contribution is -2.28. The molecule has 0 radical (unpaired) electrons. The molecule has 6 heteroatoms. The molecule has 98 valence electrons. The molecule has 2 N–H and O–H groups in total. The lowest BCUT2D eigenvalue weighted by atomic mass is 10.4. The largest absolute Gasteiger partial charge is 0.476 e. The monoisotopic (exact) mass is 266 g/mol. The van der Waals surface area contributed by atoms with Gasteiger partial charge in [0, 0.05) is 6.54 Å². The van der Waals surface area contributed by atoms with Gasteiger partial charge in [0.15, 0.2) is 0 Å². The molecule has 2 aromatic rings. The van der Waals surface area contributed by atoms with Crippen LogP contribution in [-0.2, 0) is 0 Å². The molecule has 0 fully saturated rings. The number of ether oxygens (including phenoxy) is 1. The Balaban J connectivity index is 2.05. The molecule has 2 rings (SSSR count). The maximum absolute atomic E-state index is 5.73. The standard InChI is InChI=1S/C12H18N4OS/c1-3-16(4-2)6-7-17-10-9-5-8-18-11(9)15-12(13)14-10/h5,8H,3-4,6-7H2,1-2H3,(H2,13,14,15). The van der Waals surface area contributed by atoms with Crippen LogP contribution in [0.1, 0.15) is 13.8 Å². The summed E-state index contributed by atoms with van der Waals surface area (Å²) in [6.45, 7) is 7.84. The number of thiophene rings is 1. The van der Waals surface area contributed by atoms with Crippen molar-refractivity contribution in [2.45, 2.75) is 13.8 Å². The van der Waals surface area contributed by atoms with E-state index < -0.39 is 0 Å². The van der Waals surface area contributed by atoms with E-state index in [-0.39, 0.29) is 5.95 Å². The van der Waals surface area contributed by atoms with E-state index in [1.54, 1.807) is 11.3 Å². The maximum atomic E-state index is 5.73. The predicted octanol–water partition coefficient (Wildman–Crippen LogP) is 1.99. The van der Waals surface area contributed by atoms with Crippen LogP contribution in [0.4, 0.5) is 5.95 Å². The minimum Gasteiger partial charge on any atom is -0.476 e. The normalized spacial score (nSPS) is 11.3. The fourth-order valence-electron chi connectivity index (χ4n) is 1.77. The summed E-state index contributed by atoms with van der Waals surface area (Å²) in [6.07, 6.45) is 0. The highest BCUT2D eigenvalue weighted by atomic mass is 32.1. The van der Waals surface area contributed by atoms with Crippen LogP contribution in [0.15, 0.2) is 11.4 Å².